The molecular formula is C11H22N2O2. The summed E-state index contributed by atoms with van der Waals surface area (Å²) in [6.07, 6.45) is 1.39. The Morgan fingerprint density at radius 3 is 2.40 bits per heavy atom. The topological polar surface area (TPSA) is 42.5 Å². The zero-order valence-corrected chi connectivity index (χ0v) is 9.82. The van der Waals surface area contributed by atoms with Crippen LogP contribution in [0.3, 0.4) is 0 Å². The molecule has 4 heteroatoms. The molecule has 0 aromatic rings. The van der Waals surface area contributed by atoms with Gasteiger partial charge in [0, 0.05) is 18.0 Å². The fourth-order valence-electron chi connectivity index (χ4n) is 2.17. The molecule has 0 aromatic carbocycles. The van der Waals surface area contributed by atoms with Gasteiger partial charge < -0.3 is 9.47 Å². The lowest BCUT2D eigenvalue weighted by Gasteiger charge is -2.24. The molecule has 0 spiro atoms. The van der Waals surface area contributed by atoms with Crippen LogP contribution in [0.2, 0.25) is 0 Å². The highest BCUT2D eigenvalue weighted by Crippen LogP contribution is 2.20. The minimum Gasteiger partial charge on any atom is -0.361 e. The quantitative estimate of drug-likeness (QED) is 0.725. The summed E-state index contributed by atoms with van der Waals surface area (Å²) >= 11 is 0. The standard InChI is InChI=1S/C11H22N2O2/c1-4-9-6-15-11(13-9)8(3)10-12-7(2)5-14-10/h7-13H,4-6H2,1-3H3. The molecule has 4 nitrogen and oxygen atoms in total. The second-order valence-corrected chi connectivity index (χ2v) is 4.71. The van der Waals surface area contributed by atoms with Crippen LogP contribution in [0.25, 0.3) is 0 Å². The van der Waals surface area contributed by atoms with Crippen LogP contribution >= 0.6 is 0 Å². The smallest absolute Gasteiger partial charge is 0.114 e. The van der Waals surface area contributed by atoms with E-state index in [9.17, 15) is 0 Å². The first-order valence-corrected chi connectivity index (χ1v) is 5.96. The average Bonchev–Trinajstić information content (AvgIpc) is 2.84. The average molecular weight is 214 g/mol. The van der Waals surface area contributed by atoms with Crippen molar-refractivity contribution in [2.24, 2.45) is 5.92 Å². The third kappa shape index (κ3) is 2.50. The zero-order valence-electron chi connectivity index (χ0n) is 9.82. The van der Waals surface area contributed by atoms with Crippen LogP contribution in [0, 0.1) is 5.92 Å². The molecule has 2 N–H and O–H groups in total. The zero-order chi connectivity index (χ0) is 10.8. The summed E-state index contributed by atoms with van der Waals surface area (Å²) in [5.41, 5.74) is 0. The summed E-state index contributed by atoms with van der Waals surface area (Å²) in [5, 5.41) is 6.91. The van der Waals surface area contributed by atoms with Gasteiger partial charge in [0.25, 0.3) is 0 Å². The summed E-state index contributed by atoms with van der Waals surface area (Å²) in [5.74, 6) is 0.353. The number of hydrogen-bond donors (Lipinski definition) is 2. The van der Waals surface area contributed by atoms with Gasteiger partial charge in [-0.25, -0.2) is 0 Å². The molecule has 2 aliphatic rings. The van der Waals surface area contributed by atoms with Crippen molar-refractivity contribution in [1.29, 1.82) is 0 Å². The molecule has 0 aromatic heterocycles. The summed E-state index contributed by atoms with van der Waals surface area (Å²) in [6.45, 7) is 8.13. The molecule has 0 amide bonds. The van der Waals surface area contributed by atoms with E-state index in [1.807, 2.05) is 0 Å². The van der Waals surface area contributed by atoms with E-state index in [0.717, 1.165) is 19.6 Å². The Kier molecular flexibility index (Phi) is 3.61. The lowest BCUT2D eigenvalue weighted by Crippen LogP contribution is -2.44. The lowest BCUT2D eigenvalue weighted by atomic mass is 10.1. The van der Waals surface area contributed by atoms with Gasteiger partial charge in [-0.1, -0.05) is 13.8 Å². The van der Waals surface area contributed by atoms with Crippen LogP contribution in [0.5, 0.6) is 0 Å². The SMILES string of the molecule is CCC1COC(C(C)C2NC(C)CO2)N1. The largest absolute Gasteiger partial charge is 0.361 e. The molecule has 2 saturated heterocycles. The highest BCUT2D eigenvalue weighted by molar-refractivity contribution is 4.84. The van der Waals surface area contributed by atoms with Gasteiger partial charge in [0.15, 0.2) is 0 Å². The van der Waals surface area contributed by atoms with E-state index in [0.29, 0.717) is 18.0 Å². The van der Waals surface area contributed by atoms with E-state index in [1.165, 1.54) is 0 Å². The Morgan fingerprint density at radius 1 is 1.20 bits per heavy atom. The normalized spacial score (nSPS) is 43.4. The third-order valence-electron chi connectivity index (χ3n) is 3.30. The highest BCUT2D eigenvalue weighted by Gasteiger charge is 2.35. The van der Waals surface area contributed by atoms with Crippen molar-refractivity contribution < 1.29 is 9.47 Å². The first-order chi connectivity index (χ1) is 7.20. The van der Waals surface area contributed by atoms with Gasteiger partial charge >= 0.3 is 0 Å². The van der Waals surface area contributed by atoms with Crippen molar-refractivity contribution in [1.82, 2.24) is 10.6 Å². The molecule has 0 aliphatic carbocycles. The molecule has 0 saturated carbocycles. The van der Waals surface area contributed by atoms with E-state index in [-0.39, 0.29) is 12.5 Å². The maximum Gasteiger partial charge on any atom is 0.114 e. The fourth-order valence-corrected chi connectivity index (χ4v) is 2.17. The van der Waals surface area contributed by atoms with Crippen LogP contribution in [-0.4, -0.2) is 37.8 Å². The predicted molar refractivity (Wildman–Crippen MR) is 58.5 cm³/mol. The second kappa shape index (κ2) is 4.78. The van der Waals surface area contributed by atoms with Gasteiger partial charge in [0.1, 0.15) is 12.5 Å². The van der Waals surface area contributed by atoms with E-state index in [4.69, 9.17) is 9.47 Å². The van der Waals surface area contributed by atoms with Crippen molar-refractivity contribution in [2.75, 3.05) is 13.2 Å². The summed E-state index contributed by atoms with van der Waals surface area (Å²) in [4.78, 5) is 0. The Labute approximate surface area is 91.7 Å². The molecule has 0 bridgehead atoms. The van der Waals surface area contributed by atoms with Gasteiger partial charge in [-0.3, -0.25) is 10.6 Å². The van der Waals surface area contributed by atoms with E-state index >= 15 is 0 Å². The molecule has 5 atom stereocenters. The molecule has 2 aliphatic heterocycles. The minimum absolute atomic E-state index is 0.133. The molecule has 88 valence electrons. The van der Waals surface area contributed by atoms with Crippen molar-refractivity contribution in [3.8, 4) is 0 Å². The van der Waals surface area contributed by atoms with Gasteiger partial charge in [0.05, 0.1) is 13.2 Å². The first kappa shape index (κ1) is 11.3. The maximum atomic E-state index is 5.73. The Morgan fingerprint density at radius 2 is 1.87 bits per heavy atom. The van der Waals surface area contributed by atoms with E-state index in [2.05, 4.69) is 31.4 Å². The van der Waals surface area contributed by atoms with Crippen molar-refractivity contribution in [3.05, 3.63) is 0 Å². The van der Waals surface area contributed by atoms with Crippen molar-refractivity contribution >= 4 is 0 Å². The van der Waals surface area contributed by atoms with Crippen LogP contribution < -0.4 is 10.6 Å². The molecule has 2 heterocycles. The molecule has 0 radical (unpaired) electrons. The van der Waals surface area contributed by atoms with Crippen molar-refractivity contribution in [2.45, 2.75) is 51.7 Å². The summed E-state index contributed by atoms with van der Waals surface area (Å²) < 4.78 is 11.4. The Hall–Kier alpha value is -0.160. The fraction of sp³-hybridized carbons (Fsp3) is 1.00. The highest BCUT2D eigenvalue weighted by atomic mass is 16.5. The minimum atomic E-state index is 0.133. The molecule has 2 fully saturated rings. The molecule has 15 heavy (non-hydrogen) atoms. The van der Waals surface area contributed by atoms with Gasteiger partial charge in [0.2, 0.25) is 0 Å². The van der Waals surface area contributed by atoms with Crippen LogP contribution in [0.15, 0.2) is 0 Å². The molecule has 2 rings (SSSR count). The Bertz CT molecular complexity index is 213. The van der Waals surface area contributed by atoms with Gasteiger partial charge in [-0.2, -0.15) is 0 Å². The van der Waals surface area contributed by atoms with Crippen LogP contribution in [0.4, 0.5) is 0 Å². The summed E-state index contributed by atoms with van der Waals surface area (Å²) in [6, 6.07) is 0.970. The summed E-state index contributed by atoms with van der Waals surface area (Å²) in [7, 11) is 0. The monoisotopic (exact) mass is 214 g/mol. The molecular weight excluding hydrogens is 192 g/mol. The number of hydrogen-bond acceptors (Lipinski definition) is 4. The van der Waals surface area contributed by atoms with E-state index in [1.54, 1.807) is 0 Å². The van der Waals surface area contributed by atoms with Crippen LogP contribution in [-0.2, 0) is 9.47 Å². The Balaban J connectivity index is 1.83. The number of ether oxygens (including phenoxy) is 2. The third-order valence-corrected chi connectivity index (χ3v) is 3.30. The molecule has 5 unspecified atom stereocenters. The number of nitrogens with one attached hydrogen (secondary N) is 2. The van der Waals surface area contributed by atoms with Crippen molar-refractivity contribution in [3.63, 3.8) is 0 Å². The van der Waals surface area contributed by atoms with E-state index < -0.39 is 0 Å². The number of rotatable bonds is 3. The van der Waals surface area contributed by atoms with Crippen LogP contribution in [0.1, 0.15) is 27.2 Å². The van der Waals surface area contributed by atoms with Gasteiger partial charge in [-0.15, -0.1) is 0 Å². The second-order valence-electron chi connectivity index (χ2n) is 4.71. The first-order valence-electron chi connectivity index (χ1n) is 5.96. The van der Waals surface area contributed by atoms with Gasteiger partial charge in [-0.05, 0) is 13.3 Å². The maximum absolute atomic E-state index is 5.73. The predicted octanol–water partition coefficient (Wildman–Crippen LogP) is 0.681. The lowest BCUT2D eigenvalue weighted by molar-refractivity contribution is -0.0245.